The second-order valence-electron chi connectivity index (χ2n) is 2.36. The van der Waals surface area contributed by atoms with Crippen molar-refractivity contribution in [2.45, 2.75) is 6.92 Å². The van der Waals surface area contributed by atoms with Crippen LogP contribution in [-0.2, 0) is 23.9 Å². The van der Waals surface area contributed by atoms with Gasteiger partial charge < -0.3 is 9.84 Å². The molecule has 0 aromatic rings. The summed E-state index contributed by atoms with van der Waals surface area (Å²) in [6, 6.07) is 0. The van der Waals surface area contributed by atoms with E-state index in [9.17, 15) is 19.2 Å². The zero-order chi connectivity index (χ0) is 11.8. The van der Waals surface area contributed by atoms with Crippen LogP contribution in [-0.4, -0.2) is 28.8 Å². The van der Waals surface area contributed by atoms with Gasteiger partial charge in [0.1, 0.15) is 0 Å². The molecule has 0 fully saturated rings. The molecule has 0 saturated carbocycles. The quantitative estimate of drug-likeness (QED) is 0.339. The smallest absolute Gasteiger partial charge is 0.338 e. The Bertz CT molecular complexity index is 323. The fraction of sp³-hybridized carbons (Fsp3) is 0.111. The lowest BCUT2D eigenvalue weighted by Gasteiger charge is -1.80. The molecular weight excluding hydrogens is 331 g/mol. The van der Waals surface area contributed by atoms with Crippen LogP contribution in [0.2, 0.25) is 0 Å². The van der Waals surface area contributed by atoms with E-state index in [4.69, 9.17) is 5.11 Å². The standard InChI is InChI=1S/C5H6O3.C4H2O3.HI/c1-4(6)2-3-5(7)8;5-3-1-2-4(6)7-3;/h2-3H,1H3,(H,7,8);1-2H;1H/b3-2-;;. The van der Waals surface area contributed by atoms with Crippen molar-refractivity contribution < 1.29 is 29.0 Å². The summed E-state index contributed by atoms with van der Waals surface area (Å²) in [4.78, 5) is 39.5. The van der Waals surface area contributed by atoms with E-state index < -0.39 is 17.9 Å². The zero-order valence-corrected chi connectivity index (χ0v) is 10.5. The van der Waals surface area contributed by atoms with Crippen molar-refractivity contribution >= 4 is 47.7 Å². The first-order valence-corrected chi connectivity index (χ1v) is 3.77. The maximum atomic E-state index is 10.00. The number of cyclic esters (lactones) is 2. The number of allylic oxidation sites excluding steroid dienone is 1. The molecule has 1 aliphatic rings. The fourth-order valence-corrected chi connectivity index (χ4v) is 0.492. The van der Waals surface area contributed by atoms with Gasteiger partial charge in [0, 0.05) is 18.2 Å². The minimum absolute atomic E-state index is 0. The van der Waals surface area contributed by atoms with E-state index in [0.717, 1.165) is 24.3 Å². The van der Waals surface area contributed by atoms with Crippen molar-refractivity contribution in [3.05, 3.63) is 24.3 Å². The molecule has 0 spiro atoms. The molecule has 0 unspecified atom stereocenters. The summed E-state index contributed by atoms with van der Waals surface area (Å²) in [6.07, 6.45) is 3.98. The molecule has 1 aliphatic heterocycles. The van der Waals surface area contributed by atoms with Gasteiger partial charge in [-0.3, -0.25) is 4.79 Å². The predicted molar refractivity (Wildman–Crippen MR) is 63.1 cm³/mol. The maximum Gasteiger partial charge on any atom is 0.338 e. The third kappa shape index (κ3) is 10.6. The molecule has 1 heterocycles. The largest absolute Gasteiger partial charge is 0.478 e. The number of hydrogen-bond donors (Lipinski definition) is 1. The van der Waals surface area contributed by atoms with Crippen LogP contribution in [0.15, 0.2) is 24.3 Å². The van der Waals surface area contributed by atoms with Gasteiger partial charge in [-0.25, -0.2) is 14.4 Å². The number of carboxylic acid groups (broad SMARTS) is 1. The van der Waals surface area contributed by atoms with Gasteiger partial charge in [0.15, 0.2) is 5.78 Å². The number of esters is 2. The molecule has 0 aliphatic carbocycles. The van der Waals surface area contributed by atoms with E-state index in [0.29, 0.717) is 0 Å². The summed E-state index contributed by atoms with van der Waals surface area (Å²) < 4.78 is 3.97. The normalized spacial score (nSPS) is 12.6. The van der Waals surface area contributed by atoms with Gasteiger partial charge in [-0.15, -0.1) is 24.0 Å². The Balaban J connectivity index is 0. The van der Waals surface area contributed by atoms with E-state index in [-0.39, 0.29) is 29.8 Å². The Morgan fingerprint density at radius 3 is 1.75 bits per heavy atom. The minimum Gasteiger partial charge on any atom is -0.478 e. The SMILES string of the molecule is CC(=O)/C=C\C(=O)O.I.O=C1C=CC(=O)O1. The van der Waals surface area contributed by atoms with Crippen LogP contribution < -0.4 is 0 Å². The highest BCUT2D eigenvalue weighted by Crippen LogP contribution is 1.92. The number of carbonyl (C=O) groups excluding carboxylic acids is 3. The van der Waals surface area contributed by atoms with E-state index in [1.165, 1.54) is 6.92 Å². The van der Waals surface area contributed by atoms with E-state index in [1.807, 2.05) is 0 Å². The molecule has 6 nitrogen and oxygen atoms in total. The van der Waals surface area contributed by atoms with Gasteiger partial charge in [0.25, 0.3) is 0 Å². The van der Waals surface area contributed by atoms with Crippen molar-refractivity contribution in [2.75, 3.05) is 0 Å². The molecule has 1 N–H and O–H groups in total. The van der Waals surface area contributed by atoms with E-state index in [1.54, 1.807) is 0 Å². The van der Waals surface area contributed by atoms with Gasteiger partial charge in [-0.1, -0.05) is 0 Å². The van der Waals surface area contributed by atoms with Crippen molar-refractivity contribution in [3.63, 3.8) is 0 Å². The van der Waals surface area contributed by atoms with Crippen LogP contribution >= 0.6 is 24.0 Å². The van der Waals surface area contributed by atoms with Crippen LogP contribution in [0.5, 0.6) is 0 Å². The number of rotatable bonds is 2. The Kier molecular flexibility index (Phi) is 9.27. The molecular formula is C9H9IO6. The highest BCUT2D eigenvalue weighted by Gasteiger charge is 2.10. The Labute approximate surface area is 108 Å². The lowest BCUT2D eigenvalue weighted by Crippen LogP contribution is -1.96. The molecule has 0 bridgehead atoms. The van der Waals surface area contributed by atoms with Gasteiger partial charge in [-0.05, 0) is 13.0 Å². The predicted octanol–water partition coefficient (Wildman–Crippen LogP) is 0.460. The van der Waals surface area contributed by atoms with Crippen molar-refractivity contribution in [3.8, 4) is 0 Å². The second-order valence-corrected chi connectivity index (χ2v) is 2.36. The number of hydrogen-bond acceptors (Lipinski definition) is 5. The monoisotopic (exact) mass is 340 g/mol. The third-order valence-electron chi connectivity index (χ3n) is 1.02. The molecule has 0 amide bonds. The maximum absolute atomic E-state index is 10.00. The van der Waals surface area contributed by atoms with Gasteiger partial charge in [0.2, 0.25) is 0 Å². The number of ether oxygens (including phenoxy) is 1. The number of halogens is 1. The average molecular weight is 340 g/mol. The summed E-state index contributed by atoms with van der Waals surface area (Å²) in [5.74, 6) is -2.51. The van der Waals surface area contributed by atoms with E-state index in [2.05, 4.69) is 4.74 Å². The van der Waals surface area contributed by atoms with Crippen molar-refractivity contribution in [1.82, 2.24) is 0 Å². The van der Waals surface area contributed by atoms with Gasteiger partial charge in [-0.2, -0.15) is 0 Å². The summed E-state index contributed by atoms with van der Waals surface area (Å²) in [7, 11) is 0. The molecule has 0 radical (unpaired) electrons. The molecule has 16 heavy (non-hydrogen) atoms. The molecule has 0 saturated heterocycles. The number of carboxylic acids is 1. The minimum atomic E-state index is -1.10. The first kappa shape index (κ1) is 16.9. The number of ketones is 1. The molecule has 88 valence electrons. The van der Waals surface area contributed by atoms with Crippen LogP contribution in [0.4, 0.5) is 0 Å². The zero-order valence-electron chi connectivity index (χ0n) is 8.21. The summed E-state index contributed by atoms with van der Waals surface area (Å²) in [5.41, 5.74) is 0. The molecule has 0 aromatic heterocycles. The molecule has 0 atom stereocenters. The Morgan fingerprint density at radius 2 is 1.62 bits per heavy atom. The van der Waals surface area contributed by atoms with Crippen LogP contribution in [0.1, 0.15) is 6.92 Å². The van der Waals surface area contributed by atoms with Crippen molar-refractivity contribution in [1.29, 1.82) is 0 Å². The lowest BCUT2D eigenvalue weighted by molar-refractivity contribution is -0.150. The Morgan fingerprint density at radius 1 is 1.19 bits per heavy atom. The average Bonchev–Trinajstić information content (AvgIpc) is 2.47. The van der Waals surface area contributed by atoms with Crippen LogP contribution in [0.3, 0.4) is 0 Å². The first-order chi connectivity index (χ1) is 6.91. The molecule has 0 aromatic carbocycles. The highest BCUT2D eigenvalue weighted by atomic mass is 127. The number of carbonyl (C=O) groups is 4. The van der Waals surface area contributed by atoms with Gasteiger partial charge >= 0.3 is 17.9 Å². The summed E-state index contributed by atoms with van der Waals surface area (Å²) in [6.45, 7) is 1.29. The van der Waals surface area contributed by atoms with Crippen molar-refractivity contribution in [2.24, 2.45) is 0 Å². The summed E-state index contributed by atoms with van der Waals surface area (Å²) >= 11 is 0. The highest BCUT2D eigenvalue weighted by molar-refractivity contribution is 14.0. The number of aliphatic carboxylic acids is 1. The molecule has 7 heteroatoms. The Hall–Kier alpha value is -1.51. The third-order valence-corrected chi connectivity index (χ3v) is 1.02. The lowest BCUT2D eigenvalue weighted by atomic mass is 10.4. The van der Waals surface area contributed by atoms with E-state index >= 15 is 0 Å². The van der Waals surface area contributed by atoms with Gasteiger partial charge in [0.05, 0.1) is 0 Å². The molecule has 1 rings (SSSR count). The fourth-order valence-electron chi connectivity index (χ4n) is 0.492. The topological polar surface area (TPSA) is 97.7 Å². The van der Waals surface area contributed by atoms with Crippen LogP contribution in [0, 0.1) is 0 Å². The second kappa shape index (κ2) is 8.77. The van der Waals surface area contributed by atoms with Crippen LogP contribution in [0.25, 0.3) is 0 Å². The summed E-state index contributed by atoms with van der Waals surface area (Å²) in [5, 5.41) is 7.92. The first-order valence-electron chi connectivity index (χ1n) is 3.77.